The number of nitrogens with one attached hydrogen (secondary N) is 1. The van der Waals surface area contributed by atoms with Crippen molar-refractivity contribution in [1.82, 2.24) is 15.5 Å². The van der Waals surface area contributed by atoms with Crippen LogP contribution in [0.15, 0.2) is 6.07 Å². The highest BCUT2D eigenvalue weighted by Crippen LogP contribution is 2.17. The standard InChI is InChI=1S/C12H15Cl2N3O3/c1-4-6(2)9(12(19)20-3)15-11(18)7-5-8(13)16-17-10(7)14/h5-6,9H,4H2,1-3H3,(H,15,18). The van der Waals surface area contributed by atoms with Gasteiger partial charge in [-0.1, -0.05) is 43.5 Å². The van der Waals surface area contributed by atoms with E-state index in [1.807, 2.05) is 13.8 Å². The maximum atomic E-state index is 12.1. The molecule has 1 rings (SSSR count). The number of ether oxygens (including phenoxy) is 1. The number of hydrogen-bond acceptors (Lipinski definition) is 5. The number of amides is 1. The fourth-order valence-corrected chi connectivity index (χ4v) is 1.85. The molecule has 1 aromatic rings. The van der Waals surface area contributed by atoms with Crippen LogP contribution in [0, 0.1) is 5.92 Å². The molecule has 6 nitrogen and oxygen atoms in total. The molecule has 1 N–H and O–H groups in total. The molecule has 1 aromatic heterocycles. The number of esters is 1. The minimum absolute atomic E-state index is 0.0395. The molecule has 1 amide bonds. The molecule has 0 spiro atoms. The lowest BCUT2D eigenvalue weighted by Crippen LogP contribution is -2.45. The van der Waals surface area contributed by atoms with Gasteiger partial charge in [-0.25, -0.2) is 4.79 Å². The van der Waals surface area contributed by atoms with Gasteiger partial charge in [-0.05, 0) is 12.0 Å². The molecule has 0 saturated heterocycles. The zero-order valence-corrected chi connectivity index (χ0v) is 12.8. The molecular weight excluding hydrogens is 305 g/mol. The molecule has 2 atom stereocenters. The largest absolute Gasteiger partial charge is 0.467 e. The van der Waals surface area contributed by atoms with Gasteiger partial charge in [0.2, 0.25) is 0 Å². The summed E-state index contributed by atoms with van der Waals surface area (Å²) in [5, 5.41) is 9.59. The van der Waals surface area contributed by atoms with E-state index < -0.39 is 17.9 Å². The summed E-state index contributed by atoms with van der Waals surface area (Å²) in [6.07, 6.45) is 0.698. The van der Waals surface area contributed by atoms with Crippen molar-refractivity contribution in [3.8, 4) is 0 Å². The summed E-state index contributed by atoms with van der Waals surface area (Å²) in [4.78, 5) is 23.8. The van der Waals surface area contributed by atoms with Crippen molar-refractivity contribution in [2.45, 2.75) is 26.3 Å². The third kappa shape index (κ3) is 4.05. The third-order valence-corrected chi connectivity index (χ3v) is 3.38. The predicted molar refractivity (Wildman–Crippen MR) is 74.8 cm³/mol. The molecule has 110 valence electrons. The Kier molecular flexibility index (Phi) is 6.16. The fourth-order valence-electron chi connectivity index (χ4n) is 1.53. The van der Waals surface area contributed by atoms with E-state index in [-0.39, 0.29) is 21.8 Å². The van der Waals surface area contributed by atoms with Crippen molar-refractivity contribution in [1.29, 1.82) is 0 Å². The van der Waals surface area contributed by atoms with E-state index >= 15 is 0 Å². The number of hydrogen-bond donors (Lipinski definition) is 1. The first-order valence-electron chi connectivity index (χ1n) is 5.98. The number of methoxy groups -OCH3 is 1. The number of nitrogens with zero attached hydrogens (tertiary/aromatic N) is 2. The van der Waals surface area contributed by atoms with Crippen LogP contribution in [0.3, 0.4) is 0 Å². The second-order valence-electron chi connectivity index (χ2n) is 4.23. The van der Waals surface area contributed by atoms with Crippen LogP contribution in [0.2, 0.25) is 10.3 Å². The SMILES string of the molecule is CCC(C)C(NC(=O)c1cc(Cl)nnc1Cl)C(=O)OC. The molecule has 0 aliphatic heterocycles. The Labute approximate surface area is 126 Å². The second kappa shape index (κ2) is 7.40. The molecule has 0 radical (unpaired) electrons. The van der Waals surface area contributed by atoms with Crippen molar-refractivity contribution in [2.24, 2.45) is 5.92 Å². The van der Waals surface area contributed by atoms with Crippen LogP contribution < -0.4 is 5.32 Å². The Balaban J connectivity index is 2.96. The van der Waals surface area contributed by atoms with Gasteiger partial charge in [0.05, 0.1) is 12.7 Å². The van der Waals surface area contributed by atoms with Crippen LogP contribution in [0.5, 0.6) is 0 Å². The molecule has 8 heteroatoms. The van der Waals surface area contributed by atoms with Gasteiger partial charge < -0.3 is 10.1 Å². The zero-order chi connectivity index (χ0) is 15.3. The van der Waals surface area contributed by atoms with Gasteiger partial charge in [0.15, 0.2) is 10.3 Å². The summed E-state index contributed by atoms with van der Waals surface area (Å²) in [6, 6.07) is 0.525. The average molecular weight is 320 g/mol. The topological polar surface area (TPSA) is 81.2 Å². The molecule has 0 fully saturated rings. The smallest absolute Gasteiger partial charge is 0.328 e. The van der Waals surface area contributed by atoms with Gasteiger partial charge in [0.25, 0.3) is 5.91 Å². The van der Waals surface area contributed by atoms with Gasteiger partial charge in [-0.3, -0.25) is 4.79 Å². The van der Waals surface area contributed by atoms with Crippen molar-refractivity contribution in [3.63, 3.8) is 0 Å². The van der Waals surface area contributed by atoms with Crippen LogP contribution in [0.1, 0.15) is 30.6 Å². The molecule has 0 aliphatic rings. The van der Waals surface area contributed by atoms with Crippen LogP contribution >= 0.6 is 23.2 Å². The minimum Gasteiger partial charge on any atom is -0.467 e. The summed E-state index contributed by atoms with van der Waals surface area (Å²) >= 11 is 11.5. The van der Waals surface area contributed by atoms with E-state index in [4.69, 9.17) is 23.2 Å². The van der Waals surface area contributed by atoms with Crippen LogP contribution in [0.25, 0.3) is 0 Å². The maximum absolute atomic E-state index is 12.1. The number of carbonyl (C=O) groups is 2. The van der Waals surface area contributed by atoms with E-state index in [1.54, 1.807) is 0 Å². The van der Waals surface area contributed by atoms with Crippen molar-refractivity contribution < 1.29 is 14.3 Å². The Morgan fingerprint density at radius 2 is 2.05 bits per heavy atom. The van der Waals surface area contributed by atoms with Gasteiger partial charge in [0.1, 0.15) is 6.04 Å². The predicted octanol–water partition coefficient (Wildman–Crippen LogP) is 2.10. The second-order valence-corrected chi connectivity index (χ2v) is 4.98. The first-order valence-corrected chi connectivity index (χ1v) is 6.73. The first-order chi connectivity index (χ1) is 9.40. The molecule has 0 aromatic carbocycles. The lowest BCUT2D eigenvalue weighted by Gasteiger charge is -2.21. The van der Waals surface area contributed by atoms with E-state index in [2.05, 4.69) is 20.3 Å². The maximum Gasteiger partial charge on any atom is 0.328 e. The summed E-state index contributed by atoms with van der Waals surface area (Å²) < 4.78 is 4.69. The lowest BCUT2D eigenvalue weighted by atomic mass is 9.99. The minimum atomic E-state index is -0.763. The Bertz CT molecular complexity index is 511. The highest BCUT2D eigenvalue weighted by molar-refractivity contribution is 6.34. The summed E-state index contributed by atoms with van der Waals surface area (Å²) in [5.74, 6) is -1.16. The number of aromatic nitrogens is 2. The van der Waals surface area contributed by atoms with E-state index in [9.17, 15) is 9.59 Å². The highest BCUT2D eigenvalue weighted by atomic mass is 35.5. The van der Waals surface area contributed by atoms with E-state index in [1.165, 1.54) is 13.2 Å². The zero-order valence-electron chi connectivity index (χ0n) is 11.3. The molecule has 0 bridgehead atoms. The van der Waals surface area contributed by atoms with Gasteiger partial charge in [0, 0.05) is 0 Å². The van der Waals surface area contributed by atoms with Crippen LogP contribution in [0.4, 0.5) is 0 Å². The number of carbonyl (C=O) groups excluding carboxylic acids is 2. The summed E-state index contributed by atoms with van der Waals surface area (Å²) in [6.45, 7) is 3.74. The normalized spacial score (nSPS) is 13.4. The molecule has 0 saturated carbocycles. The van der Waals surface area contributed by atoms with Gasteiger partial charge >= 0.3 is 5.97 Å². The van der Waals surface area contributed by atoms with Crippen molar-refractivity contribution in [2.75, 3.05) is 7.11 Å². The Morgan fingerprint density at radius 1 is 1.40 bits per heavy atom. The van der Waals surface area contributed by atoms with Gasteiger partial charge in [-0.2, -0.15) is 0 Å². The lowest BCUT2D eigenvalue weighted by molar-refractivity contribution is -0.144. The molecular formula is C12H15Cl2N3O3. The fraction of sp³-hybridized carbons (Fsp3) is 0.500. The monoisotopic (exact) mass is 319 g/mol. The number of halogens is 2. The summed E-state index contributed by atoms with van der Waals surface area (Å²) in [7, 11) is 1.27. The first kappa shape index (κ1) is 16.7. The van der Waals surface area contributed by atoms with Crippen molar-refractivity contribution in [3.05, 3.63) is 21.9 Å². The Hall–Kier alpha value is -1.40. The highest BCUT2D eigenvalue weighted by Gasteiger charge is 2.28. The van der Waals surface area contributed by atoms with Crippen LogP contribution in [-0.2, 0) is 9.53 Å². The Morgan fingerprint density at radius 3 is 2.60 bits per heavy atom. The third-order valence-electron chi connectivity index (χ3n) is 2.92. The van der Waals surface area contributed by atoms with Crippen LogP contribution in [-0.4, -0.2) is 35.2 Å². The van der Waals surface area contributed by atoms with E-state index in [0.29, 0.717) is 6.42 Å². The molecule has 1 heterocycles. The molecule has 0 aliphatic carbocycles. The average Bonchev–Trinajstić information content (AvgIpc) is 2.45. The summed E-state index contributed by atoms with van der Waals surface area (Å²) in [5.41, 5.74) is 0.0591. The molecule has 2 unspecified atom stereocenters. The quantitative estimate of drug-likeness (QED) is 0.840. The van der Waals surface area contributed by atoms with Crippen molar-refractivity contribution >= 4 is 35.1 Å². The van der Waals surface area contributed by atoms with Gasteiger partial charge in [-0.15, -0.1) is 10.2 Å². The van der Waals surface area contributed by atoms with E-state index in [0.717, 1.165) is 0 Å². The molecule has 20 heavy (non-hydrogen) atoms. The number of rotatable bonds is 5.